The van der Waals surface area contributed by atoms with Crippen LogP contribution in [0.3, 0.4) is 0 Å². The number of nitrogens with zero attached hydrogens (tertiary/aromatic N) is 1. The monoisotopic (exact) mass is 400 g/mol. The first-order valence-electron chi connectivity index (χ1n) is 9.73. The van der Waals surface area contributed by atoms with Crippen molar-refractivity contribution in [1.82, 2.24) is 4.31 Å². The lowest BCUT2D eigenvalue weighted by Gasteiger charge is -2.29. The lowest BCUT2D eigenvalue weighted by atomic mass is 9.84. The molecule has 3 rings (SSSR count). The molecule has 0 saturated carbocycles. The van der Waals surface area contributed by atoms with Gasteiger partial charge in [-0.1, -0.05) is 62.7 Å². The Balaban J connectivity index is 1.86. The molecule has 2 unspecified atom stereocenters. The highest BCUT2D eigenvalue weighted by atomic mass is 32.2. The number of sulfonamides is 1. The molecule has 2 atom stereocenters. The van der Waals surface area contributed by atoms with Gasteiger partial charge in [-0.25, -0.2) is 8.42 Å². The lowest BCUT2D eigenvalue weighted by molar-refractivity contribution is -0.118. The first-order valence-corrected chi connectivity index (χ1v) is 11.6. The summed E-state index contributed by atoms with van der Waals surface area (Å²) < 4.78 is 25.2. The van der Waals surface area contributed by atoms with Crippen molar-refractivity contribution < 1.29 is 13.2 Å². The van der Waals surface area contributed by atoms with Gasteiger partial charge in [0.1, 0.15) is 0 Å². The smallest absolute Gasteiger partial charge is 0.232 e. The molecule has 1 heterocycles. The maximum atomic E-state index is 13.2. The number of amides is 1. The summed E-state index contributed by atoms with van der Waals surface area (Å²) in [6, 6.07) is 15.6. The zero-order chi connectivity index (χ0) is 20.3. The molecule has 0 bridgehead atoms. The van der Waals surface area contributed by atoms with E-state index in [1.54, 1.807) is 0 Å². The van der Waals surface area contributed by atoms with Gasteiger partial charge in [0.2, 0.25) is 15.9 Å². The Morgan fingerprint density at radius 2 is 1.86 bits per heavy atom. The maximum Gasteiger partial charge on any atom is 0.232 e. The van der Waals surface area contributed by atoms with Crippen LogP contribution in [-0.2, 0) is 27.8 Å². The SMILES string of the molecule is CCC(C)C(C(=O)Nc1cccc2c1CCN(S(C)(=O)=O)C2)c1ccccc1. The van der Waals surface area contributed by atoms with E-state index in [4.69, 9.17) is 0 Å². The summed E-state index contributed by atoms with van der Waals surface area (Å²) in [5, 5.41) is 3.13. The zero-order valence-corrected chi connectivity index (χ0v) is 17.5. The van der Waals surface area contributed by atoms with Crippen LogP contribution in [0.5, 0.6) is 0 Å². The molecule has 2 aromatic rings. The van der Waals surface area contributed by atoms with Crippen molar-refractivity contribution in [1.29, 1.82) is 0 Å². The van der Waals surface area contributed by atoms with Gasteiger partial charge in [-0.3, -0.25) is 4.79 Å². The van der Waals surface area contributed by atoms with Crippen molar-refractivity contribution in [3.8, 4) is 0 Å². The van der Waals surface area contributed by atoms with Crippen molar-refractivity contribution in [3.05, 3.63) is 65.2 Å². The minimum Gasteiger partial charge on any atom is -0.325 e. The van der Waals surface area contributed by atoms with Crippen molar-refractivity contribution in [3.63, 3.8) is 0 Å². The fourth-order valence-electron chi connectivity index (χ4n) is 3.83. The molecular weight excluding hydrogens is 372 g/mol. The third kappa shape index (κ3) is 4.45. The average Bonchev–Trinajstić information content (AvgIpc) is 2.68. The highest BCUT2D eigenvalue weighted by Gasteiger charge is 2.28. The van der Waals surface area contributed by atoms with Gasteiger partial charge in [-0.2, -0.15) is 4.31 Å². The largest absolute Gasteiger partial charge is 0.325 e. The van der Waals surface area contributed by atoms with E-state index < -0.39 is 10.0 Å². The summed E-state index contributed by atoms with van der Waals surface area (Å²) in [7, 11) is -3.22. The Morgan fingerprint density at radius 1 is 1.14 bits per heavy atom. The van der Waals surface area contributed by atoms with E-state index in [0.29, 0.717) is 19.5 Å². The highest BCUT2D eigenvalue weighted by molar-refractivity contribution is 7.88. The normalized spacial score (nSPS) is 16.8. The Hall–Kier alpha value is -2.18. The van der Waals surface area contributed by atoms with Crippen LogP contribution in [0, 0.1) is 5.92 Å². The van der Waals surface area contributed by atoms with E-state index in [0.717, 1.165) is 28.8 Å². The number of hydrogen-bond donors (Lipinski definition) is 1. The number of carbonyl (C=O) groups excluding carboxylic acids is 1. The Kier molecular flexibility index (Phi) is 6.20. The average molecular weight is 401 g/mol. The number of nitrogens with one attached hydrogen (secondary N) is 1. The number of carbonyl (C=O) groups is 1. The minimum absolute atomic E-state index is 0.0144. The molecule has 0 fully saturated rings. The van der Waals surface area contributed by atoms with Gasteiger partial charge in [0.25, 0.3) is 0 Å². The van der Waals surface area contributed by atoms with Gasteiger partial charge in [0, 0.05) is 18.8 Å². The molecular formula is C22H28N2O3S. The van der Waals surface area contributed by atoms with E-state index in [-0.39, 0.29) is 17.7 Å². The van der Waals surface area contributed by atoms with Crippen molar-refractivity contribution >= 4 is 21.6 Å². The van der Waals surface area contributed by atoms with Crippen LogP contribution >= 0.6 is 0 Å². The van der Waals surface area contributed by atoms with Crippen molar-refractivity contribution in [2.24, 2.45) is 5.92 Å². The lowest BCUT2D eigenvalue weighted by Crippen LogP contribution is -2.35. The second kappa shape index (κ2) is 8.45. The van der Waals surface area contributed by atoms with Crippen LogP contribution < -0.4 is 5.32 Å². The standard InChI is InChI=1S/C22H28N2O3S/c1-4-16(2)21(17-9-6-5-7-10-17)22(25)23-20-12-8-11-18-15-24(28(3,26)27)14-13-19(18)20/h5-12,16,21H,4,13-15H2,1-3H3,(H,23,25). The topological polar surface area (TPSA) is 66.5 Å². The maximum absolute atomic E-state index is 13.2. The van der Waals surface area contributed by atoms with Gasteiger partial charge in [0.05, 0.1) is 12.2 Å². The van der Waals surface area contributed by atoms with Crippen LogP contribution in [0.1, 0.15) is 42.9 Å². The molecule has 0 aromatic heterocycles. The van der Waals surface area contributed by atoms with Gasteiger partial charge < -0.3 is 5.32 Å². The first-order chi connectivity index (χ1) is 13.3. The second-order valence-corrected chi connectivity index (χ2v) is 9.54. The minimum atomic E-state index is -3.22. The molecule has 2 aromatic carbocycles. The van der Waals surface area contributed by atoms with Gasteiger partial charge in [-0.15, -0.1) is 0 Å². The van der Waals surface area contributed by atoms with Crippen LogP contribution in [-0.4, -0.2) is 31.4 Å². The van der Waals surface area contributed by atoms with Crippen molar-refractivity contribution in [2.45, 2.75) is 39.2 Å². The summed E-state index contributed by atoms with van der Waals surface area (Å²) in [6.45, 7) is 4.98. The molecule has 1 aliphatic rings. The van der Waals surface area contributed by atoms with Gasteiger partial charge in [-0.05, 0) is 35.1 Å². The highest BCUT2D eigenvalue weighted by Crippen LogP contribution is 2.31. The van der Waals surface area contributed by atoms with Crippen LogP contribution in [0.2, 0.25) is 0 Å². The predicted octanol–water partition coefficient (Wildman–Crippen LogP) is 3.77. The summed E-state index contributed by atoms with van der Waals surface area (Å²) in [4.78, 5) is 13.2. The Bertz CT molecular complexity index is 942. The molecule has 1 amide bonds. The molecule has 1 aliphatic heterocycles. The molecule has 5 nitrogen and oxygen atoms in total. The summed E-state index contributed by atoms with van der Waals surface area (Å²) in [6.07, 6.45) is 2.74. The fourth-order valence-corrected chi connectivity index (χ4v) is 4.63. The molecule has 150 valence electrons. The van der Waals surface area contributed by atoms with E-state index in [1.165, 1.54) is 10.6 Å². The Labute approximate surface area is 167 Å². The van der Waals surface area contributed by atoms with E-state index >= 15 is 0 Å². The molecule has 0 aliphatic carbocycles. The number of fused-ring (bicyclic) bond motifs is 1. The molecule has 6 heteroatoms. The predicted molar refractivity (Wildman–Crippen MR) is 113 cm³/mol. The van der Waals surface area contributed by atoms with E-state index in [1.807, 2.05) is 48.5 Å². The van der Waals surface area contributed by atoms with Gasteiger partial charge in [0.15, 0.2) is 0 Å². The van der Waals surface area contributed by atoms with Crippen LogP contribution in [0.25, 0.3) is 0 Å². The van der Waals surface area contributed by atoms with E-state index in [9.17, 15) is 13.2 Å². The summed E-state index contributed by atoms with van der Waals surface area (Å²) >= 11 is 0. The van der Waals surface area contributed by atoms with Crippen molar-refractivity contribution in [2.75, 3.05) is 18.1 Å². The van der Waals surface area contributed by atoms with E-state index in [2.05, 4.69) is 19.2 Å². The summed E-state index contributed by atoms with van der Waals surface area (Å²) in [5.74, 6) is -0.0275. The first kappa shape index (κ1) is 20.6. The van der Waals surface area contributed by atoms with Gasteiger partial charge >= 0.3 is 0 Å². The second-order valence-electron chi connectivity index (χ2n) is 7.55. The third-order valence-electron chi connectivity index (χ3n) is 5.61. The zero-order valence-electron chi connectivity index (χ0n) is 16.7. The number of benzene rings is 2. The summed E-state index contributed by atoms with van der Waals surface area (Å²) in [5.41, 5.74) is 3.79. The number of anilines is 1. The molecule has 28 heavy (non-hydrogen) atoms. The van der Waals surface area contributed by atoms with Crippen LogP contribution in [0.15, 0.2) is 48.5 Å². The quantitative estimate of drug-likeness (QED) is 0.803. The third-order valence-corrected chi connectivity index (χ3v) is 6.86. The molecule has 1 N–H and O–H groups in total. The number of hydrogen-bond acceptors (Lipinski definition) is 3. The number of rotatable bonds is 6. The molecule has 0 spiro atoms. The Morgan fingerprint density at radius 3 is 2.50 bits per heavy atom. The van der Waals surface area contributed by atoms with Crippen LogP contribution in [0.4, 0.5) is 5.69 Å². The fraction of sp³-hybridized carbons (Fsp3) is 0.409. The molecule has 0 radical (unpaired) electrons. The molecule has 0 saturated heterocycles.